The van der Waals surface area contributed by atoms with Gasteiger partial charge < -0.3 is 14.8 Å². The van der Waals surface area contributed by atoms with Crippen LogP contribution in [0.25, 0.3) is 0 Å². The van der Waals surface area contributed by atoms with Gasteiger partial charge in [-0.3, -0.25) is 0 Å². The van der Waals surface area contributed by atoms with Gasteiger partial charge in [-0.2, -0.15) is 0 Å². The number of rotatable bonds is 8. The lowest BCUT2D eigenvalue weighted by molar-refractivity contribution is 0.325. The lowest BCUT2D eigenvalue weighted by atomic mass is 10.1. The fraction of sp³-hybridized carbons (Fsp3) is 0.500. The summed E-state index contributed by atoms with van der Waals surface area (Å²) >= 11 is 0. The molecule has 0 amide bonds. The van der Waals surface area contributed by atoms with Crippen molar-refractivity contribution < 1.29 is 9.47 Å². The van der Waals surface area contributed by atoms with E-state index < -0.39 is 0 Å². The highest BCUT2D eigenvalue weighted by Crippen LogP contribution is 2.30. The van der Waals surface area contributed by atoms with Gasteiger partial charge in [-0.25, -0.2) is 0 Å². The highest BCUT2D eigenvalue weighted by Gasteiger charge is 2.09. The molecule has 0 fully saturated rings. The summed E-state index contributed by atoms with van der Waals surface area (Å²) < 4.78 is 11.0. The first kappa shape index (κ1) is 15.6. The molecule has 0 bridgehead atoms. The molecule has 1 aromatic rings. The molecule has 0 radical (unpaired) electrons. The Hall–Kier alpha value is -1.48. The Morgan fingerprint density at radius 1 is 1.32 bits per heavy atom. The van der Waals surface area contributed by atoms with Crippen molar-refractivity contribution in [1.29, 1.82) is 0 Å². The Labute approximate surface area is 116 Å². The van der Waals surface area contributed by atoms with E-state index in [2.05, 4.69) is 25.2 Å². The minimum Gasteiger partial charge on any atom is -0.493 e. The van der Waals surface area contributed by atoms with Gasteiger partial charge in [0.2, 0.25) is 0 Å². The maximum atomic E-state index is 5.65. The number of hydrogen-bond donors (Lipinski definition) is 1. The van der Waals surface area contributed by atoms with Crippen LogP contribution in [0.4, 0.5) is 0 Å². The zero-order valence-corrected chi connectivity index (χ0v) is 12.4. The Bertz CT molecular complexity index is 402. The molecule has 1 atom stereocenters. The fourth-order valence-corrected chi connectivity index (χ4v) is 1.79. The fourth-order valence-electron chi connectivity index (χ4n) is 1.79. The number of methoxy groups -OCH3 is 1. The van der Waals surface area contributed by atoms with E-state index in [0.717, 1.165) is 24.5 Å². The molecule has 0 saturated heterocycles. The topological polar surface area (TPSA) is 30.5 Å². The molecular weight excluding hydrogens is 238 g/mol. The van der Waals surface area contributed by atoms with Crippen LogP contribution in [0.3, 0.4) is 0 Å². The summed E-state index contributed by atoms with van der Waals surface area (Å²) in [6.45, 7) is 7.88. The van der Waals surface area contributed by atoms with E-state index in [-0.39, 0.29) is 0 Å². The van der Waals surface area contributed by atoms with E-state index in [9.17, 15) is 0 Å². The molecule has 0 saturated carbocycles. The van der Waals surface area contributed by atoms with Crippen molar-refractivity contribution in [2.45, 2.75) is 33.2 Å². The van der Waals surface area contributed by atoms with Gasteiger partial charge >= 0.3 is 0 Å². The van der Waals surface area contributed by atoms with Crippen molar-refractivity contribution in [2.24, 2.45) is 0 Å². The minimum absolute atomic E-state index is 0.318. The average molecular weight is 263 g/mol. The maximum Gasteiger partial charge on any atom is 0.161 e. The summed E-state index contributed by atoms with van der Waals surface area (Å²) in [5.41, 5.74) is 1.21. The second kappa shape index (κ2) is 8.59. The van der Waals surface area contributed by atoms with Crippen molar-refractivity contribution in [1.82, 2.24) is 5.32 Å². The second-order valence-corrected chi connectivity index (χ2v) is 4.47. The van der Waals surface area contributed by atoms with Crippen molar-refractivity contribution in [3.63, 3.8) is 0 Å². The SMILES string of the molecule is C/C=C/COc1ccc(C(C)NCCC)cc1OC. The van der Waals surface area contributed by atoms with Crippen molar-refractivity contribution in [3.05, 3.63) is 35.9 Å². The molecule has 0 heterocycles. The predicted octanol–water partition coefficient (Wildman–Crippen LogP) is 3.71. The molecule has 3 nitrogen and oxygen atoms in total. The molecule has 3 heteroatoms. The summed E-state index contributed by atoms with van der Waals surface area (Å²) in [6.07, 6.45) is 5.07. The van der Waals surface area contributed by atoms with Crippen LogP contribution < -0.4 is 14.8 Å². The van der Waals surface area contributed by atoms with Crippen molar-refractivity contribution >= 4 is 0 Å². The first-order valence-electron chi connectivity index (χ1n) is 6.88. The van der Waals surface area contributed by atoms with Gasteiger partial charge in [0.15, 0.2) is 11.5 Å². The van der Waals surface area contributed by atoms with Gasteiger partial charge in [0.1, 0.15) is 6.61 Å². The molecule has 1 rings (SSSR count). The van der Waals surface area contributed by atoms with Crippen LogP contribution in [0, 0.1) is 0 Å². The van der Waals surface area contributed by atoms with E-state index >= 15 is 0 Å². The smallest absolute Gasteiger partial charge is 0.161 e. The van der Waals surface area contributed by atoms with Crippen molar-refractivity contribution in [3.8, 4) is 11.5 Å². The number of ether oxygens (including phenoxy) is 2. The molecule has 1 N–H and O–H groups in total. The molecule has 0 spiro atoms. The minimum atomic E-state index is 0.318. The Kier molecular flexibility index (Phi) is 7.04. The average Bonchev–Trinajstić information content (AvgIpc) is 2.45. The third-order valence-corrected chi connectivity index (χ3v) is 2.96. The zero-order valence-electron chi connectivity index (χ0n) is 12.4. The van der Waals surface area contributed by atoms with Crippen LogP contribution in [-0.4, -0.2) is 20.3 Å². The predicted molar refractivity (Wildman–Crippen MR) is 80.0 cm³/mol. The molecule has 0 aliphatic rings. The van der Waals surface area contributed by atoms with Gasteiger partial charge in [-0.15, -0.1) is 0 Å². The second-order valence-electron chi connectivity index (χ2n) is 4.47. The lowest BCUT2D eigenvalue weighted by Crippen LogP contribution is -2.19. The van der Waals surface area contributed by atoms with Crippen LogP contribution in [-0.2, 0) is 0 Å². The van der Waals surface area contributed by atoms with E-state index in [1.165, 1.54) is 5.56 Å². The molecule has 19 heavy (non-hydrogen) atoms. The molecule has 0 aliphatic heterocycles. The van der Waals surface area contributed by atoms with Crippen LogP contribution in [0.5, 0.6) is 11.5 Å². The monoisotopic (exact) mass is 263 g/mol. The maximum absolute atomic E-state index is 5.65. The van der Waals surface area contributed by atoms with Gasteiger partial charge in [0.05, 0.1) is 7.11 Å². The van der Waals surface area contributed by atoms with E-state index in [0.29, 0.717) is 12.6 Å². The van der Waals surface area contributed by atoms with Crippen molar-refractivity contribution in [2.75, 3.05) is 20.3 Å². The number of allylic oxidation sites excluding steroid dienone is 1. The van der Waals surface area contributed by atoms with E-state index in [4.69, 9.17) is 9.47 Å². The summed E-state index contributed by atoms with van der Waals surface area (Å²) in [5, 5.41) is 3.46. The molecule has 0 aromatic heterocycles. The van der Waals surface area contributed by atoms with E-state index in [1.54, 1.807) is 7.11 Å². The van der Waals surface area contributed by atoms with Crippen LogP contribution in [0.1, 0.15) is 38.8 Å². The largest absolute Gasteiger partial charge is 0.493 e. The highest BCUT2D eigenvalue weighted by atomic mass is 16.5. The van der Waals surface area contributed by atoms with Gasteiger partial charge in [0, 0.05) is 6.04 Å². The summed E-state index contributed by atoms with van der Waals surface area (Å²) in [7, 11) is 1.67. The zero-order chi connectivity index (χ0) is 14.1. The Morgan fingerprint density at radius 2 is 2.11 bits per heavy atom. The summed E-state index contributed by atoms with van der Waals surface area (Å²) in [5.74, 6) is 1.57. The molecule has 1 unspecified atom stereocenters. The summed E-state index contributed by atoms with van der Waals surface area (Å²) in [6, 6.07) is 6.42. The number of hydrogen-bond acceptors (Lipinski definition) is 3. The molecular formula is C16H25NO2. The van der Waals surface area contributed by atoms with Gasteiger partial charge in [-0.05, 0) is 44.5 Å². The van der Waals surface area contributed by atoms with Crippen LogP contribution in [0.15, 0.2) is 30.4 Å². The quantitative estimate of drug-likeness (QED) is 0.725. The summed E-state index contributed by atoms with van der Waals surface area (Å²) in [4.78, 5) is 0. The first-order valence-corrected chi connectivity index (χ1v) is 6.88. The lowest BCUT2D eigenvalue weighted by Gasteiger charge is -2.16. The molecule has 106 valence electrons. The highest BCUT2D eigenvalue weighted by molar-refractivity contribution is 5.43. The van der Waals surface area contributed by atoms with Gasteiger partial charge in [0.25, 0.3) is 0 Å². The molecule has 0 aliphatic carbocycles. The van der Waals surface area contributed by atoms with Gasteiger partial charge in [-0.1, -0.05) is 25.1 Å². The van der Waals surface area contributed by atoms with E-state index in [1.807, 2.05) is 31.2 Å². The van der Waals surface area contributed by atoms with Crippen LogP contribution in [0.2, 0.25) is 0 Å². The third kappa shape index (κ3) is 4.95. The standard InChI is InChI=1S/C16H25NO2/c1-5-7-11-19-15-9-8-14(12-16(15)18-4)13(3)17-10-6-2/h5,7-9,12-13,17H,6,10-11H2,1-4H3/b7-5+. The number of nitrogens with one attached hydrogen (secondary N) is 1. The van der Waals surface area contributed by atoms with Crippen LogP contribution >= 0.6 is 0 Å². The normalized spacial score (nSPS) is 12.6. The molecule has 1 aromatic carbocycles. The number of benzene rings is 1. The Morgan fingerprint density at radius 3 is 2.74 bits per heavy atom. The first-order chi connectivity index (χ1) is 9.22. The Balaban J connectivity index is 2.76. The third-order valence-electron chi connectivity index (χ3n) is 2.96.